The van der Waals surface area contributed by atoms with Gasteiger partial charge in [-0.05, 0) is 38.0 Å². The second-order valence-electron chi connectivity index (χ2n) is 3.60. The molecule has 0 radical (unpaired) electrons. The molecule has 58 valence electrons. The van der Waals surface area contributed by atoms with E-state index in [9.17, 15) is 0 Å². The normalized spacial score (nSPS) is 35.4. The molecule has 0 aromatic rings. The van der Waals surface area contributed by atoms with E-state index < -0.39 is 0 Å². The lowest BCUT2D eigenvalue weighted by atomic mass is 9.79. The smallest absolute Gasteiger partial charge is 0.0603 e. The molecule has 1 heteroatoms. The maximum absolute atomic E-state index is 5.68. The van der Waals surface area contributed by atoms with E-state index >= 15 is 0 Å². The fraction of sp³-hybridized carbons (Fsp3) is 1.00. The molecule has 1 atom stereocenters. The van der Waals surface area contributed by atoms with Crippen molar-refractivity contribution >= 4 is 0 Å². The van der Waals surface area contributed by atoms with Gasteiger partial charge in [0, 0.05) is 6.61 Å². The van der Waals surface area contributed by atoms with Crippen LogP contribution in [0.15, 0.2) is 0 Å². The van der Waals surface area contributed by atoms with Crippen molar-refractivity contribution in [2.24, 2.45) is 5.92 Å². The highest BCUT2D eigenvalue weighted by Gasteiger charge is 2.28. The maximum Gasteiger partial charge on any atom is 0.0603 e. The number of ether oxygens (including phenoxy) is 1. The fourth-order valence-corrected chi connectivity index (χ4v) is 1.95. The van der Waals surface area contributed by atoms with Gasteiger partial charge in [-0.15, -0.1) is 0 Å². The summed E-state index contributed by atoms with van der Waals surface area (Å²) in [6.07, 6.45) is 9.01. The summed E-state index contributed by atoms with van der Waals surface area (Å²) in [5, 5.41) is 0. The van der Waals surface area contributed by atoms with Crippen molar-refractivity contribution in [1.29, 1.82) is 0 Å². The lowest BCUT2D eigenvalue weighted by molar-refractivity contribution is -0.0425. The minimum absolute atomic E-state index is 0.655. The molecule has 0 aromatic heterocycles. The summed E-state index contributed by atoms with van der Waals surface area (Å²) in [5.41, 5.74) is 0. The van der Waals surface area contributed by atoms with E-state index in [0.29, 0.717) is 6.10 Å². The topological polar surface area (TPSA) is 9.23 Å². The zero-order chi connectivity index (χ0) is 6.81. The van der Waals surface area contributed by atoms with Crippen LogP contribution in [0.2, 0.25) is 0 Å². The standard InChI is InChI=1S/C9H16O/c1-2-7-10-9(6-1)8-4-3-5-8/h8-9H,1-7H2. The van der Waals surface area contributed by atoms with E-state index in [2.05, 4.69) is 0 Å². The van der Waals surface area contributed by atoms with E-state index in [-0.39, 0.29) is 0 Å². The first-order valence-corrected chi connectivity index (χ1v) is 4.58. The summed E-state index contributed by atoms with van der Waals surface area (Å²) in [4.78, 5) is 0. The van der Waals surface area contributed by atoms with Gasteiger partial charge in [-0.2, -0.15) is 0 Å². The monoisotopic (exact) mass is 140 g/mol. The SMILES string of the molecule is C1CCC(C2CCC2)OC1. The Kier molecular flexibility index (Phi) is 1.94. The lowest BCUT2D eigenvalue weighted by Gasteiger charge is -2.35. The van der Waals surface area contributed by atoms with Crippen LogP contribution < -0.4 is 0 Å². The van der Waals surface area contributed by atoms with Crippen molar-refractivity contribution < 1.29 is 4.74 Å². The average Bonchev–Trinajstić information content (AvgIpc) is 1.86. The largest absolute Gasteiger partial charge is 0.378 e. The van der Waals surface area contributed by atoms with Gasteiger partial charge < -0.3 is 4.74 Å². The molecule has 0 amide bonds. The van der Waals surface area contributed by atoms with Gasteiger partial charge in [0.15, 0.2) is 0 Å². The van der Waals surface area contributed by atoms with E-state index in [4.69, 9.17) is 4.74 Å². The average molecular weight is 140 g/mol. The molecular weight excluding hydrogens is 124 g/mol. The summed E-state index contributed by atoms with van der Waals surface area (Å²) in [5.74, 6) is 0.945. The predicted octanol–water partition coefficient (Wildman–Crippen LogP) is 2.36. The van der Waals surface area contributed by atoms with Crippen molar-refractivity contribution in [2.75, 3.05) is 6.61 Å². The highest BCUT2D eigenvalue weighted by atomic mass is 16.5. The Balaban J connectivity index is 1.78. The molecule has 0 bridgehead atoms. The molecule has 10 heavy (non-hydrogen) atoms. The van der Waals surface area contributed by atoms with Gasteiger partial charge in [-0.1, -0.05) is 6.42 Å². The van der Waals surface area contributed by atoms with Crippen LogP contribution in [0, 0.1) is 5.92 Å². The molecule has 2 rings (SSSR count). The van der Waals surface area contributed by atoms with Gasteiger partial charge in [0.2, 0.25) is 0 Å². The molecule has 2 fully saturated rings. The highest BCUT2D eigenvalue weighted by molar-refractivity contribution is 4.79. The molecule has 0 N–H and O–H groups in total. The Morgan fingerprint density at radius 3 is 2.30 bits per heavy atom. The minimum Gasteiger partial charge on any atom is -0.378 e. The zero-order valence-corrected chi connectivity index (χ0v) is 6.51. The van der Waals surface area contributed by atoms with E-state index in [1.54, 1.807) is 0 Å². The Labute approximate surface area is 62.8 Å². The van der Waals surface area contributed by atoms with Crippen LogP contribution in [0.1, 0.15) is 38.5 Å². The Morgan fingerprint density at radius 1 is 0.900 bits per heavy atom. The number of hydrogen-bond donors (Lipinski definition) is 0. The highest BCUT2D eigenvalue weighted by Crippen LogP contribution is 2.34. The van der Waals surface area contributed by atoms with Gasteiger partial charge in [-0.25, -0.2) is 0 Å². The minimum atomic E-state index is 0.655. The summed E-state index contributed by atoms with van der Waals surface area (Å²) in [6.45, 7) is 1.03. The number of hydrogen-bond acceptors (Lipinski definition) is 1. The molecule has 2 aliphatic rings. The third-order valence-corrected chi connectivity index (χ3v) is 2.89. The van der Waals surface area contributed by atoms with Crippen molar-refractivity contribution in [1.82, 2.24) is 0 Å². The van der Waals surface area contributed by atoms with Crippen molar-refractivity contribution in [3.63, 3.8) is 0 Å². The molecule has 1 aliphatic heterocycles. The predicted molar refractivity (Wildman–Crippen MR) is 40.9 cm³/mol. The quantitative estimate of drug-likeness (QED) is 0.543. The maximum atomic E-state index is 5.68. The van der Waals surface area contributed by atoms with Gasteiger partial charge in [0.25, 0.3) is 0 Å². The summed E-state index contributed by atoms with van der Waals surface area (Å²) < 4.78 is 5.68. The van der Waals surface area contributed by atoms with Crippen LogP contribution in [0.4, 0.5) is 0 Å². The van der Waals surface area contributed by atoms with Gasteiger partial charge in [-0.3, -0.25) is 0 Å². The second-order valence-corrected chi connectivity index (χ2v) is 3.60. The zero-order valence-electron chi connectivity index (χ0n) is 6.51. The molecule has 1 aliphatic carbocycles. The van der Waals surface area contributed by atoms with Gasteiger partial charge >= 0.3 is 0 Å². The molecule has 0 spiro atoms. The van der Waals surface area contributed by atoms with Crippen molar-refractivity contribution in [3.05, 3.63) is 0 Å². The third kappa shape index (κ3) is 1.20. The van der Waals surface area contributed by atoms with Crippen LogP contribution in [-0.2, 0) is 4.74 Å². The van der Waals surface area contributed by atoms with Crippen LogP contribution in [0.3, 0.4) is 0 Å². The molecule has 0 aromatic carbocycles. The fourth-order valence-electron chi connectivity index (χ4n) is 1.95. The van der Waals surface area contributed by atoms with Crippen LogP contribution >= 0.6 is 0 Å². The third-order valence-electron chi connectivity index (χ3n) is 2.89. The molecule has 1 saturated heterocycles. The summed E-state index contributed by atoms with van der Waals surface area (Å²) in [7, 11) is 0. The first-order chi connectivity index (χ1) is 4.97. The van der Waals surface area contributed by atoms with Crippen molar-refractivity contribution in [2.45, 2.75) is 44.6 Å². The molecule has 1 nitrogen and oxygen atoms in total. The Bertz CT molecular complexity index is 101. The van der Waals surface area contributed by atoms with Crippen LogP contribution in [-0.4, -0.2) is 12.7 Å². The molecule has 1 saturated carbocycles. The lowest BCUT2D eigenvalue weighted by Crippen LogP contribution is -2.32. The van der Waals surface area contributed by atoms with Crippen LogP contribution in [0.25, 0.3) is 0 Å². The van der Waals surface area contributed by atoms with Crippen LogP contribution in [0.5, 0.6) is 0 Å². The first-order valence-electron chi connectivity index (χ1n) is 4.58. The first kappa shape index (κ1) is 6.66. The van der Waals surface area contributed by atoms with Crippen molar-refractivity contribution in [3.8, 4) is 0 Å². The molecule has 1 unspecified atom stereocenters. The van der Waals surface area contributed by atoms with E-state index in [1.165, 1.54) is 38.5 Å². The summed E-state index contributed by atoms with van der Waals surface area (Å²) >= 11 is 0. The van der Waals surface area contributed by atoms with E-state index in [1.807, 2.05) is 0 Å². The second kappa shape index (κ2) is 2.91. The Hall–Kier alpha value is -0.0400. The molecular formula is C9H16O. The van der Waals surface area contributed by atoms with Gasteiger partial charge in [0.05, 0.1) is 6.10 Å². The van der Waals surface area contributed by atoms with Gasteiger partial charge in [0.1, 0.15) is 0 Å². The number of rotatable bonds is 1. The van der Waals surface area contributed by atoms with E-state index in [0.717, 1.165) is 12.5 Å². The summed E-state index contributed by atoms with van der Waals surface area (Å²) in [6, 6.07) is 0. The Morgan fingerprint density at radius 2 is 1.80 bits per heavy atom. The molecule has 1 heterocycles.